The first-order chi connectivity index (χ1) is 13.2. The largest absolute Gasteiger partial charge is 0.370 e. The second kappa shape index (κ2) is 10.5. The van der Waals surface area contributed by atoms with E-state index >= 15 is 0 Å². The van der Waals surface area contributed by atoms with Gasteiger partial charge in [0.15, 0.2) is 0 Å². The first kappa shape index (κ1) is 25.5. The van der Waals surface area contributed by atoms with Crippen LogP contribution in [0.25, 0.3) is 0 Å². The van der Waals surface area contributed by atoms with Crippen molar-refractivity contribution in [3.8, 4) is 0 Å². The van der Waals surface area contributed by atoms with E-state index in [1.54, 1.807) is 0 Å². The molecule has 3 aliphatic heterocycles. The predicted molar refractivity (Wildman–Crippen MR) is 122 cm³/mol. The zero-order valence-electron chi connectivity index (χ0n) is 20.3. The molecule has 3 rings (SSSR count). The lowest BCUT2D eigenvalue weighted by molar-refractivity contribution is -0.138. The first-order valence-corrected chi connectivity index (χ1v) is 11.3. The molecule has 0 saturated carbocycles. The molecule has 0 radical (unpaired) electrons. The van der Waals surface area contributed by atoms with E-state index in [1.807, 2.05) is 9.80 Å². The average Bonchev–Trinajstić information content (AvgIpc) is 2.99. The molecule has 0 aliphatic carbocycles. The van der Waals surface area contributed by atoms with E-state index < -0.39 is 0 Å². The van der Waals surface area contributed by atoms with Gasteiger partial charge in [0.2, 0.25) is 11.8 Å². The number of hydrogen-bond acceptors (Lipinski definition) is 3. The van der Waals surface area contributed by atoms with Gasteiger partial charge in [-0.2, -0.15) is 0 Å². The molecule has 3 saturated heterocycles. The maximum Gasteiger partial charge on any atom is 0.222 e. The van der Waals surface area contributed by atoms with Gasteiger partial charge in [0, 0.05) is 61.7 Å². The SMILES string of the molecule is C=C1CCN1C(C)(C)C.CC(C)(C)N1CCCCC1=O.CC(C)N1CCCC1=O. The van der Waals surface area contributed by atoms with Gasteiger partial charge in [-0.1, -0.05) is 6.58 Å². The van der Waals surface area contributed by atoms with Crippen LogP contribution in [0, 0.1) is 0 Å². The minimum Gasteiger partial charge on any atom is -0.370 e. The van der Waals surface area contributed by atoms with E-state index in [4.69, 9.17) is 0 Å². The summed E-state index contributed by atoms with van der Waals surface area (Å²) in [5, 5.41) is 0. The molecule has 168 valence electrons. The molecule has 0 unspecified atom stereocenters. The average molecular weight is 408 g/mol. The summed E-state index contributed by atoms with van der Waals surface area (Å²) in [5.41, 5.74) is 1.62. The van der Waals surface area contributed by atoms with Crippen molar-refractivity contribution >= 4 is 11.8 Å². The molecular formula is C24H45N3O2. The molecule has 5 nitrogen and oxygen atoms in total. The minimum absolute atomic E-state index is 0.0253. The van der Waals surface area contributed by atoms with Gasteiger partial charge in [-0.05, 0) is 74.7 Å². The molecule has 5 heteroatoms. The number of hydrogen-bond donors (Lipinski definition) is 0. The predicted octanol–water partition coefficient (Wildman–Crippen LogP) is 4.82. The van der Waals surface area contributed by atoms with E-state index in [0.29, 0.717) is 23.4 Å². The van der Waals surface area contributed by atoms with Crippen LogP contribution in [0.2, 0.25) is 0 Å². The third-order valence-corrected chi connectivity index (χ3v) is 5.68. The molecule has 0 N–H and O–H groups in total. The zero-order valence-corrected chi connectivity index (χ0v) is 20.3. The summed E-state index contributed by atoms with van der Waals surface area (Å²) in [6.45, 7) is 24.1. The Kier molecular flexibility index (Phi) is 9.23. The Bertz CT molecular complexity index is 570. The van der Waals surface area contributed by atoms with Gasteiger partial charge < -0.3 is 14.7 Å². The van der Waals surface area contributed by atoms with Crippen LogP contribution in [0.4, 0.5) is 0 Å². The highest BCUT2D eigenvalue weighted by atomic mass is 16.2. The van der Waals surface area contributed by atoms with E-state index in [1.165, 1.54) is 25.1 Å². The maximum absolute atomic E-state index is 11.4. The Morgan fingerprint density at radius 2 is 1.28 bits per heavy atom. The first-order valence-electron chi connectivity index (χ1n) is 11.3. The number of likely N-dealkylation sites (tertiary alicyclic amines) is 3. The van der Waals surface area contributed by atoms with E-state index in [0.717, 1.165) is 38.8 Å². The molecule has 3 aliphatic rings. The van der Waals surface area contributed by atoms with Crippen molar-refractivity contribution < 1.29 is 9.59 Å². The summed E-state index contributed by atoms with van der Waals surface area (Å²) in [4.78, 5) is 28.6. The van der Waals surface area contributed by atoms with Crippen LogP contribution in [-0.2, 0) is 9.59 Å². The molecule has 0 bridgehead atoms. The number of amides is 2. The third kappa shape index (κ3) is 8.02. The molecule has 0 aromatic carbocycles. The molecular weight excluding hydrogens is 362 g/mol. The van der Waals surface area contributed by atoms with Gasteiger partial charge >= 0.3 is 0 Å². The van der Waals surface area contributed by atoms with Crippen LogP contribution in [-0.4, -0.2) is 63.3 Å². The van der Waals surface area contributed by atoms with Crippen LogP contribution in [0.3, 0.4) is 0 Å². The fraction of sp³-hybridized carbons (Fsp3) is 0.833. The van der Waals surface area contributed by atoms with Crippen molar-refractivity contribution in [1.82, 2.24) is 14.7 Å². The summed E-state index contributed by atoms with van der Waals surface area (Å²) >= 11 is 0. The van der Waals surface area contributed by atoms with E-state index in [2.05, 4.69) is 66.9 Å². The lowest BCUT2D eigenvalue weighted by Crippen LogP contribution is -2.47. The number of nitrogens with zero attached hydrogens (tertiary/aromatic N) is 3. The van der Waals surface area contributed by atoms with Gasteiger partial charge in [0.1, 0.15) is 0 Å². The molecule has 3 fully saturated rings. The van der Waals surface area contributed by atoms with E-state index in [-0.39, 0.29) is 5.54 Å². The monoisotopic (exact) mass is 407 g/mol. The van der Waals surface area contributed by atoms with Gasteiger partial charge in [-0.15, -0.1) is 0 Å². The van der Waals surface area contributed by atoms with Crippen LogP contribution in [0.1, 0.15) is 93.9 Å². The normalized spacial score (nSPS) is 20.2. The van der Waals surface area contributed by atoms with Gasteiger partial charge in [-0.25, -0.2) is 0 Å². The van der Waals surface area contributed by atoms with Crippen molar-refractivity contribution in [3.05, 3.63) is 12.3 Å². The number of rotatable bonds is 1. The molecule has 29 heavy (non-hydrogen) atoms. The van der Waals surface area contributed by atoms with Crippen LogP contribution in [0.5, 0.6) is 0 Å². The summed E-state index contributed by atoms with van der Waals surface area (Å²) in [7, 11) is 0. The molecule has 3 heterocycles. The topological polar surface area (TPSA) is 43.9 Å². The summed E-state index contributed by atoms with van der Waals surface area (Å²) in [6.07, 6.45) is 6.00. The van der Waals surface area contributed by atoms with Crippen LogP contribution >= 0.6 is 0 Å². The van der Waals surface area contributed by atoms with Crippen LogP contribution in [0.15, 0.2) is 12.3 Å². The van der Waals surface area contributed by atoms with Gasteiger partial charge in [0.05, 0.1) is 0 Å². The number of carbonyl (C=O) groups is 2. The molecule has 0 aromatic rings. The van der Waals surface area contributed by atoms with Crippen molar-refractivity contribution in [2.75, 3.05) is 19.6 Å². The fourth-order valence-electron chi connectivity index (χ4n) is 3.92. The molecule has 0 atom stereocenters. The highest BCUT2D eigenvalue weighted by Gasteiger charge is 2.29. The summed E-state index contributed by atoms with van der Waals surface area (Å²) < 4.78 is 0. The smallest absolute Gasteiger partial charge is 0.222 e. The maximum atomic E-state index is 11.4. The van der Waals surface area contributed by atoms with Crippen molar-refractivity contribution in [3.63, 3.8) is 0 Å². The third-order valence-electron chi connectivity index (χ3n) is 5.68. The minimum atomic E-state index is 0.0253. The van der Waals surface area contributed by atoms with Crippen molar-refractivity contribution in [2.45, 2.75) is 111 Å². The Balaban J connectivity index is 0.000000219. The van der Waals surface area contributed by atoms with Gasteiger partial charge in [0.25, 0.3) is 0 Å². The Hall–Kier alpha value is -1.52. The Morgan fingerprint density at radius 3 is 1.48 bits per heavy atom. The Morgan fingerprint density at radius 1 is 0.724 bits per heavy atom. The van der Waals surface area contributed by atoms with E-state index in [9.17, 15) is 9.59 Å². The quantitative estimate of drug-likeness (QED) is 0.626. The standard InChI is InChI=1S/C9H17NO.C8H15N.C7H13NO/c1-9(2,3)10-7-5-4-6-8(10)11;1-7-5-6-9(7)8(2,3)4;1-6(2)8-5-3-4-7(8)9/h4-7H2,1-3H3;1,5-6H2,2-4H3;6H,3-5H2,1-2H3. The number of piperidine rings is 1. The molecule has 0 aromatic heterocycles. The number of carbonyl (C=O) groups excluding carboxylic acids is 2. The van der Waals surface area contributed by atoms with Crippen molar-refractivity contribution in [2.24, 2.45) is 0 Å². The van der Waals surface area contributed by atoms with Gasteiger partial charge in [-0.3, -0.25) is 9.59 Å². The summed E-state index contributed by atoms with van der Waals surface area (Å²) in [6, 6.07) is 0.403. The molecule has 0 spiro atoms. The molecule has 2 amide bonds. The lowest BCUT2D eigenvalue weighted by Gasteiger charge is -2.46. The Labute approximate surface area is 179 Å². The lowest BCUT2D eigenvalue weighted by atomic mass is 9.98. The fourth-order valence-corrected chi connectivity index (χ4v) is 3.92. The van der Waals surface area contributed by atoms with Crippen LogP contribution < -0.4 is 0 Å². The zero-order chi connectivity index (χ0) is 22.4. The highest BCUT2D eigenvalue weighted by molar-refractivity contribution is 5.78. The highest BCUT2D eigenvalue weighted by Crippen LogP contribution is 2.28. The second-order valence-corrected chi connectivity index (χ2v) is 10.6. The van der Waals surface area contributed by atoms with Crippen molar-refractivity contribution in [1.29, 1.82) is 0 Å². The summed E-state index contributed by atoms with van der Waals surface area (Å²) in [5.74, 6) is 0.647. The second-order valence-electron chi connectivity index (χ2n) is 10.6.